The molecule has 31 heavy (non-hydrogen) atoms. The van der Waals surface area contributed by atoms with Crippen molar-refractivity contribution in [1.29, 1.82) is 0 Å². The molecule has 1 unspecified atom stereocenters. The van der Waals surface area contributed by atoms with Gasteiger partial charge in [0.1, 0.15) is 17.6 Å². The minimum Gasteiger partial charge on any atom is -0.484 e. The number of aryl methyl sites for hydroxylation is 1. The molecule has 0 spiro atoms. The van der Waals surface area contributed by atoms with Gasteiger partial charge in [-0.25, -0.2) is 13.4 Å². The molecular weight excluding hydrogens is 416 g/mol. The zero-order valence-electron chi connectivity index (χ0n) is 17.2. The molecule has 0 saturated carbocycles. The van der Waals surface area contributed by atoms with E-state index >= 15 is 0 Å². The van der Waals surface area contributed by atoms with Crippen LogP contribution in [0.5, 0.6) is 5.75 Å². The number of carbonyl (C=O) groups excluding carboxylic acids is 1. The van der Waals surface area contributed by atoms with Gasteiger partial charge in [-0.2, -0.15) is 5.10 Å². The predicted octanol–water partition coefficient (Wildman–Crippen LogP) is 3.75. The van der Waals surface area contributed by atoms with Crippen LogP contribution < -0.4 is 4.74 Å². The molecule has 0 N–H and O–H groups in total. The van der Waals surface area contributed by atoms with Gasteiger partial charge in [0.15, 0.2) is 16.4 Å². The third-order valence-electron chi connectivity index (χ3n) is 5.04. The van der Waals surface area contributed by atoms with Crippen LogP contribution in [-0.2, 0) is 14.6 Å². The first-order valence-corrected chi connectivity index (χ1v) is 11.6. The lowest BCUT2D eigenvalue weighted by Gasteiger charge is -2.20. The quantitative estimate of drug-likeness (QED) is 0.585. The summed E-state index contributed by atoms with van der Waals surface area (Å²) in [4.78, 5) is 13.1. The van der Waals surface area contributed by atoms with Crippen molar-refractivity contribution >= 4 is 21.5 Å². The summed E-state index contributed by atoms with van der Waals surface area (Å²) in [5, 5.41) is 5.97. The molecule has 2 heterocycles. The third kappa shape index (κ3) is 4.69. The molecule has 0 saturated heterocycles. The van der Waals surface area contributed by atoms with Crippen LogP contribution in [0.3, 0.4) is 0 Å². The monoisotopic (exact) mass is 438 g/mol. The highest BCUT2D eigenvalue weighted by Crippen LogP contribution is 2.33. The van der Waals surface area contributed by atoms with Gasteiger partial charge in [0, 0.05) is 12.7 Å². The number of furan rings is 1. The third-order valence-corrected chi connectivity index (χ3v) is 6.16. The first kappa shape index (κ1) is 20.9. The fourth-order valence-corrected chi connectivity index (χ4v) is 3.99. The molecule has 4 rings (SSSR count). The lowest BCUT2D eigenvalue weighted by molar-refractivity contribution is -0.135. The van der Waals surface area contributed by atoms with Crippen LogP contribution in [0.2, 0.25) is 0 Å². The van der Waals surface area contributed by atoms with Crippen molar-refractivity contribution in [3.63, 3.8) is 0 Å². The van der Waals surface area contributed by atoms with E-state index in [-0.39, 0.29) is 23.5 Å². The summed E-state index contributed by atoms with van der Waals surface area (Å²) >= 11 is 0. The van der Waals surface area contributed by atoms with Crippen molar-refractivity contribution in [2.45, 2.75) is 24.3 Å². The second kappa shape index (κ2) is 8.39. The maximum Gasteiger partial charge on any atom is 0.281 e. The summed E-state index contributed by atoms with van der Waals surface area (Å²) in [6.07, 6.45) is 3.24. The number of hydrazone groups is 1. The molecular formula is C23H22N2O5S. The molecule has 1 atom stereocenters. The molecule has 0 bridgehead atoms. The van der Waals surface area contributed by atoms with Gasteiger partial charge < -0.3 is 9.15 Å². The highest BCUT2D eigenvalue weighted by Gasteiger charge is 2.35. The standard InChI is InChI=1S/C23H22N2O5S/c1-16-5-7-17(8-6-16)20-14-21(22-4-3-13-29-22)25(24-20)23(26)15-30-18-9-11-19(12-10-18)31(2,27)28/h3-13,21H,14-15H2,1-2H3. The first-order chi connectivity index (χ1) is 14.8. The van der Waals surface area contributed by atoms with Crippen LogP contribution in [0.15, 0.2) is 81.3 Å². The highest BCUT2D eigenvalue weighted by atomic mass is 32.2. The van der Waals surface area contributed by atoms with Gasteiger partial charge in [0.25, 0.3) is 5.91 Å². The minimum atomic E-state index is -3.29. The van der Waals surface area contributed by atoms with E-state index in [0.29, 0.717) is 17.9 Å². The van der Waals surface area contributed by atoms with Crippen molar-refractivity contribution in [2.75, 3.05) is 12.9 Å². The molecule has 1 aliphatic rings. The fourth-order valence-electron chi connectivity index (χ4n) is 3.36. The number of hydrogen-bond acceptors (Lipinski definition) is 6. The van der Waals surface area contributed by atoms with E-state index in [4.69, 9.17) is 9.15 Å². The molecule has 3 aromatic rings. The van der Waals surface area contributed by atoms with E-state index in [1.54, 1.807) is 12.3 Å². The number of carbonyl (C=O) groups is 1. The Balaban J connectivity index is 1.51. The minimum absolute atomic E-state index is 0.191. The first-order valence-electron chi connectivity index (χ1n) is 9.74. The van der Waals surface area contributed by atoms with Crippen LogP contribution in [0, 0.1) is 6.92 Å². The number of nitrogens with zero attached hydrogens (tertiary/aromatic N) is 2. The SMILES string of the molecule is Cc1ccc(C2=NN(C(=O)COc3ccc(S(C)(=O)=O)cc3)C(c3ccco3)C2)cc1. The average Bonchev–Trinajstić information content (AvgIpc) is 3.42. The average molecular weight is 439 g/mol. The van der Waals surface area contributed by atoms with Gasteiger partial charge in [-0.15, -0.1) is 0 Å². The van der Waals surface area contributed by atoms with Gasteiger partial charge in [-0.3, -0.25) is 4.79 Å². The van der Waals surface area contributed by atoms with Gasteiger partial charge in [0.2, 0.25) is 0 Å². The maximum atomic E-state index is 12.9. The van der Waals surface area contributed by atoms with E-state index in [1.165, 1.54) is 29.3 Å². The van der Waals surface area contributed by atoms with Crippen LogP contribution in [0.4, 0.5) is 0 Å². The van der Waals surface area contributed by atoms with Crippen LogP contribution >= 0.6 is 0 Å². The Kier molecular flexibility index (Phi) is 5.65. The molecule has 0 radical (unpaired) electrons. The van der Waals surface area contributed by atoms with Crippen molar-refractivity contribution < 1.29 is 22.4 Å². The molecule has 8 heteroatoms. The van der Waals surface area contributed by atoms with E-state index in [9.17, 15) is 13.2 Å². The van der Waals surface area contributed by atoms with E-state index in [1.807, 2.05) is 37.3 Å². The van der Waals surface area contributed by atoms with Crippen LogP contribution in [0.25, 0.3) is 0 Å². The molecule has 1 aliphatic heterocycles. The Morgan fingerprint density at radius 1 is 1.13 bits per heavy atom. The van der Waals surface area contributed by atoms with Gasteiger partial charge in [-0.05, 0) is 48.9 Å². The van der Waals surface area contributed by atoms with Gasteiger partial charge >= 0.3 is 0 Å². The maximum absolute atomic E-state index is 12.9. The Hall–Kier alpha value is -3.39. The number of hydrogen-bond donors (Lipinski definition) is 0. The molecule has 7 nitrogen and oxygen atoms in total. The van der Waals surface area contributed by atoms with Crippen molar-refractivity contribution in [1.82, 2.24) is 5.01 Å². The Morgan fingerprint density at radius 3 is 2.45 bits per heavy atom. The zero-order valence-corrected chi connectivity index (χ0v) is 18.0. The molecule has 0 aliphatic carbocycles. The molecule has 0 fully saturated rings. The molecule has 2 aromatic carbocycles. The smallest absolute Gasteiger partial charge is 0.281 e. The van der Waals surface area contributed by atoms with Crippen molar-refractivity contribution in [3.05, 3.63) is 83.8 Å². The van der Waals surface area contributed by atoms with Gasteiger partial charge in [0.05, 0.1) is 16.9 Å². The topological polar surface area (TPSA) is 89.2 Å². The Bertz CT molecular complexity index is 1200. The summed E-state index contributed by atoms with van der Waals surface area (Å²) < 4.78 is 34.3. The largest absolute Gasteiger partial charge is 0.484 e. The normalized spacial score (nSPS) is 16.3. The number of rotatable bonds is 6. The Labute approximate surface area is 180 Å². The predicted molar refractivity (Wildman–Crippen MR) is 116 cm³/mol. The second-order valence-electron chi connectivity index (χ2n) is 7.42. The molecule has 160 valence electrons. The van der Waals surface area contributed by atoms with E-state index in [2.05, 4.69) is 5.10 Å². The van der Waals surface area contributed by atoms with E-state index < -0.39 is 9.84 Å². The summed E-state index contributed by atoms with van der Waals surface area (Å²) in [6, 6.07) is 17.2. The van der Waals surface area contributed by atoms with E-state index in [0.717, 1.165) is 23.1 Å². The van der Waals surface area contributed by atoms with Crippen LogP contribution in [-0.4, -0.2) is 37.9 Å². The number of benzene rings is 2. The number of amides is 1. The molecule has 1 amide bonds. The van der Waals surface area contributed by atoms with Crippen molar-refractivity contribution in [2.24, 2.45) is 5.10 Å². The van der Waals surface area contributed by atoms with Crippen LogP contribution in [0.1, 0.15) is 29.3 Å². The summed E-state index contributed by atoms with van der Waals surface area (Å²) in [5.74, 6) is 0.727. The zero-order chi connectivity index (χ0) is 22.0. The Morgan fingerprint density at radius 2 is 1.84 bits per heavy atom. The summed E-state index contributed by atoms with van der Waals surface area (Å²) in [7, 11) is -3.29. The molecule has 1 aromatic heterocycles. The lowest BCUT2D eigenvalue weighted by Crippen LogP contribution is -2.31. The second-order valence-corrected chi connectivity index (χ2v) is 9.43. The number of ether oxygens (including phenoxy) is 1. The highest BCUT2D eigenvalue weighted by molar-refractivity contribution is 7.90. The van der Waals surface area contributed by atoms with Crippen molar-refractivity contribution in [3.8, 4) is 5.75 Å². The lowest BCUT2D eigenvalue weighted by atomic mass is 10.0. The summed E-state index contributed by atoms with van der Waals surface area (Å²) in [6.45, 7) is 1.78. The van der Waals surface area contributed by atoms with Gasteiger partial charge in [-0.1, -0.05) is 29.8 Å². The fraction of sp³-hybridized carbons (Fsp3) is 0.217. The summed E-state index contributed by atoms with van der Waals surface area (Å²) in [5.41, 5.74) is 2.90. The number of sulfone groups is 1.